The number of halogens is 1. The predicted octanol–water partition coefficient (Wildman–Crippen LogP) is 5.41. The lowest BCUT2D eigenvalue weighted by molar-refractivity contribution is 0.102. The predicted molar refractivity (Wildman–Crippen MR) is 119 cm³/mol. The molecular formula is C21H23ClN2O5S. The van der Waals surface area contributed by atoms with Crippen LogP contribution in [0.25, 0.3) is 10.2 Å². The Morgan fingerprint density at radius 2 is 1.67 bits per heavy atom. The zero-order chi connectivity index (χ0) is 21.7. The van der Waals surface area contributed by atoms with Gasteiger partial charge in [0.25, 0.3) is 5.91 Å². The van der Waals surface area contributed by atoms with Crippen molar-refractivity contribution in [3.63, 3.8) is 0 Å². The number of carbonyl (C=O) groups excluding carboxylic acids is 1. The second-order valence-corrected chi connectivity index (χ2v) is 7.41. The van der Waals surface area contributed by atoms with Gasteiger partial charge in [-0.2, -0.15) is 0 Å². The van der Waals surface area contributed by atoms with Gasteiger partial charge in [-0.1, -0.05) is 22.9 Å². The van der Waals surface area contributed by atoms with E-state index in [0.717, 1.165) is 4.70 Å². The average molecular weight is 451 g/mol. The van der Waals surface area contributed by atoms with Gasteiger partial charge in [0.05, 0.1) is 36.7 Å². The van der Waals surface area contributed by atoms with Gasteiger partial charge in [-0.25, -0.2) is 4.98 Å². The van der Waals surface area contributed by atoms with E-state index in [1.54, 1.807) is 31.4 Å². The Hall–Kier alpha value is -2.71. The topological polar surface area (TPSA) is 78.9 Å². The highest BCUT2D eigenvalue weighted by Gasteiger charge is 2.20. The first kappa shape index (κ1) is 22.0. The van der Waals surface area contributed by atoms with E-state index in [9.17, 15) is 4.79 Å². The van der Waals surface area contributed by atoms with E-state index >= 15 is 0 Å². The van der Waals surface area contributed by atoms with Crippen LogP contribution in [0.5, 0.6) is 23.0 Å². The number of carbonyl (C=O) groups is 1. The van der Waals surface area contributed by atoms with Crippen molar-refractivity contribution < 1.29 is 23.7 Å². The number of fused-ring (bicyclic) bond motifs is 1. The van der Waals surface area contributed by atoms with E-state index in [-0.39, 0.29) is 5.91 Å². The number of rotatable bonds is 9. The summed E-state index contributed by atoms with van der Waals surface area (Å²) in [6, 6.07) is 6.74. The van der Waals surface area contributed by atoms with Crippen LogP contribution in [0.4, 0.5) is 5.13 Å². The van der Waals surface area contributed by atoms with Gasteiger partial charge in [-0.3, -0.25) is 10.1 Å². The number of ether oxygens (including phenoxy) is 4. The van der Waals surface area contributed by atoms with Crippen LogP contribution >= 0.6 is 22.9 Å². The van der Waals surface area contributed by atoms with Crippen LogP contribution in [-0.4, -0.2) is 37.8 Å². The second-order valence-electron chi connectivity index (χ2n) is 6.00. The van der Waals surface area contributed by atoms with Crippen LogP contribution in [0.2, 0.25) is 5.02 Å². The van der Waals surface area contributed by atoms with Crippen LogP contribution in [0.15, 0.2) is 24.3 Å². The molecule has 9 heteroatoms. The minimum Gasteiger partial charge on any atom is -0.494 e. The summed E-state index contributed by atoms with van der Waals surface area (Å²) < 4.78 is 23.1. The van der Waals surface area contributed by atoms with Gasteiger partial charge in [0.1, 0.15) is 11.3 Å². The number of thiazole rings is 1. The van der Waals surface area contributed by atoms with Crippen molar-refractivity contribution in [2.24, 2.45) is 0 Å². The summed E-state index contributed by atoms with van der Waals surface area (Å²) in [6.45, 7) is 6.89. The zero-order valence-electron chi connectivity index (χ0n) is 17.2. The fraction of sp³-hybridized carbons (Fsp3) is 0.333. The van der Waals surface area contributed by atoms with E-state index in [2.05, 4.69) is 10.3 Å². The molecule has 0 aliphatic rings. The molecule has 2 aromatic carbocycles. The molecule has 160 valence electrons. The molecule has 0 aliphatic heterocycles. The quantitative estimate of drug-likeness (QED) is 0.469. The van der Waals surface area contributed by atoms with Crippen LogP contribution in [0.1, 0.15) is 31.1 Å². The normalized spacial score (nSPS) is 10.7. The van der Waals surface area contributed by atoms with Gasteiger partial charge < -0.3 is 18.9 Å². The fourth-order valence-corrected chi connectivity index (χ4v) is 4.01. The number of nitrogens with one attached hydrogen (secondary N) is 1. The number of methoxy groups -OCH3 is 1. The lowest BCUT2D eigenvalue weighted by Gasteiger charge is -2.16. The molecule has 0 spiro atoms. The van der Waals surface area contributed by atoms with Crippen molar-refractivity contribution in [1.29, 1.82) is 0 Å². The molecule has 3 rings (SSSR count). The molecule has 0 atom stereocenters. The third-order valence-electron chi connectivity index (χ3n) is 4.07. The van der Waals surface area contributed by atoms with E-state index in [0.29, 0.717) is 64.1 Å². The van der Waals surface area contributed by atoms with Gasteiger partial charge in [0, 0.05) is 5.56 Å². The number of nitrogens with zero attached hydrogens (tertiary/aromatic N) is 1. The number of hydrogen-bond donors (Lipinski definition) is 1. The van der Waals surface area contributed by atoms with Crippen molar-refractivity contribution in [3.05, 3.63) is 34.9 Å². The van der Waals surface area contributed by atoms with E-state index in [4.69, 9.17) is 30.5 Å². The largest absolute Gasteiger partial charge is 0.494 e. The fourth-order valence-electron chi connectivity index (χ4n) is 2.86. The van der Waals surface area contributed by atoms with Crippen molar-refractivity contribution in [2.75, 3.05) is 32.2 Å². The van der Waals surface area contributed by atoms with Gasteiger partial charge in [0.15, 0.2) is 16.6 Å². The maximum atomic E-state index is 13.0. The highest BCUT2D eigenvalue weighted by molar-refractivity contribution is 7.23. The Labute approximate surface area is 183 Å². The molecule has 0 bridgehead atoms. The molecule has 0 saturated carbocycles. The SMILES string of the molecule is CCOc1cc(C(=O)Nc2nc3c(OC)ccc(Cl)c3s2)cc(OCC)c1OCC. The molecule has 30 heavy (non-hydrogen) atoms. The number of amides is 1. The number of anilines is 1. The van der Waals surface area contributed by atoms with Gasteiger partial charge >= 0.3 is 0 Å². The van der Waals surface area contributed by atoms with Crippen molar-refractivity contribution in [2.45, 2.75) is 20.8 Å². The minimum atomic E-state index is -0.353. The van der Waals surface area contributed by atoms with E-state index in [1.807, 2.05) is 20.8 Å². The van der Waals surface area contributed by atoms with Crippen molar-refractivity contribution in [3.8, 4) is 23.0 Å². The number of aromatic nitrogens is 1. The van der Waals surface area contributed by atoms with Crippen LogP contribution < -0.4 is 24.3 Å². The lowest BCUT2D eigenvalue weighted by atomic mass is 10.1. The zero-order valence-corrected chi connectivity index (χ0v) is 18.8. The minimum absolute atomic E-state index is 0.353. The van der Waals surface area contributed by atoms with Crippen LogP contribution in [0.3, 0.4) is 0 Å². The molecule has 1 amide bonds. The standard InChI is InChI=1S/C21H23ClN2O5S/c1-5-27-15-10-12(11-16(28-6-2)18(15)29-7-3)20(25)24-21-23-17-14(26-4)9-8-13(22)19(17)30-21/h8-11H,5-7H2,1-4H3,(H,23,24,25). The summed E-state index contributed by atoms with van der Waals surface area (Å²) in [5.41, 5.74) is 0.963. The summed E-state index contributed by atoms with van der Waals surface area (Å²) in [6.07, 6.45) is 0. The summed E-state index contributed by atoms with van der Waals surface area (Å²) in [4.78, 5) is 17.4. The Kier molecular flexibility index (Phi) is 7.23. The molecule has 1 aromatic heterocycles. The van der Waals surface area contributed by atoms with E-state index in [1.165, 1.54) is 11.3 Å². The van der Waals surface area contributed by atoms with Crippen molar-refractivity contribution in [1.82, 2.24) is 4.98 Å². The average Bonchev–Trinajstić information content (AvgIpc) is 3.15. The Balaban J connectivity index is 1.96. The third-order valence-corrected chi connectivity index (χ3v) is 5.50. The highest BCUT2D eigenvalue weighted by atomic mass is 35.5. The highest BCUT2D eigenvalue weighted by Crippen LogP contribution is 2.40. The second kappa shape index (κ2) is 9.86. The first-order valence-electron chi connectivity index (χ1n) is 9.53. The Morgan fingerprint density at radius 1 is 1.03 bits per heavy atom. The molecule has 0 saturated heterocycles. The Bertz CT molecular complexity index is 1030. The van der Waals surface area contributed by atoms with Crippen LogP contribution in [-0.2, 0) is 0 Å². The summed E-state index contributed by atoms with van der Waals surface area (Å²) in [5.74, 6) is 1.61. The summed E-state index contributed by atoms with van der Waals surface area (Å²) in [7, 11) is 1.56. The van der Waals surface area contributed by atoms with Crippen LogP contribution in [0, 0.1) is 0 Å². The maximum absolute atomic E-state index is 13.0. The molecule has 3 aromatic rings. The molecule has 7 nitrogen and oxygen atoms in total. The third kappa shape index (κ3) is 4.55. The number of benzene rings is 2. The Morgan fingerprint density at radius 3 is 2.23 bits per heavy atom. The van der Waals surface area contributed by atoms with E-state index < -0.39 is 0 Å². The van der Waals surface area contributed by atoms with Gasteiger partial charge in [-0.15, -0.1) is 0 Å². The molecule has 0 radical (unpaired) electrons. The van der Waals surface area contributed by atoms with Gasteiger partial charge in [0.2, 0.25) is 5.75 Å². The molecule has 0 unspecified atom stereocenters. The molecule has 1 heterocycles. The lowest BCUT2D eigenvalue weighted by Crippen LogP contribution is -2.13. The summed E-state index contributed by atoms with van der Waals surface area (Å²) >= 11 is 7.54. The van der Waals surface area contributed by atoms with Crippen molar-refractivity contribution >= 4 is 44.2 Å². The molecular weight excluding hydrogens is 428 g/mol. The summed E-state index contributed by atoms with van der Waals surface area (Å²) in [5, 5.41) is 3.77. The number of hydrogen-bond acceptors (Lipinski definition) is 7. The monoisotopic (exact) mass is 450 g/mol. The smallest absolute Gasteiger partial charge is 0.257 e. The maximum Gasteiger partial charge on any atom is 0.257 e. The molecule has 0 aliphatic carbocycles. The molecule has 0 fully saturated rings. The first-order chi connectivity index (χ1) is 14.5. The van der Waals surface area contributed by atoms with Gasteiger partial charge in [-0.05, 0) is 45.0 Å². The molecule has 1 N–H and O–H groups in total. The first-order valence-corrected chi connectivity index (χ1v) is 10.7.